The number of ether oxygens (including phenoxy) is 1. The van der Waals surface area contributed by atoms with Crippen LogP contribution in [-0.2, 0) is 9.84 Å². The van der Waals surface area contributed by atoms with Gasteiger partial charge in [0.1, 0.15) is 11.4 Å². The number of benzene rings is 2. The number of anilines is 2. The minimum Gasteiger partial charge on any atom is -0.495 e. The van der Waals surface area contributed by atoms with Crippen molar-refractivity contribution in [1.29, 1.82) is 0 Å². The minimum atomic E-state index is -3.48. The summed E-state index contributed by atoms with van der Waals surface area (Å²) >= 11 is 0. The first-order chi connectivity index (χ1) is 8.64. The normalized spacial score (nSPS) is 15.2. The fourth-order valence-corrected chi connectivity index (χ4v) is 3.67. The van der Waals surface area contributed by atoms with Crippen molar-refractivity contribution in [3.05, 3.63) is 42.5 Å². The smallest absolute Gasteiger partial charge is 0.210 e. The van der Waals surface area contributed by atoms with E-state index in [2.05, 4.69) is 5.32 Å². The number of fused-ring (bicyclic) bond motifs is 2. The van der Waals surface area contributed by atoms with Crippen molar-refractivity contribution in [3.8, 4) is 5.75 Å². The van der Waals surface area contributed by atoms with Gasteiger partial charge in [0.15, 0.2) is 0 Å². The van der Waals surface area contributed by atoms with Crippen LogP contribution in [0.1, 0.15) is 0 Å². The van der Waals surface area contributed by atoms with Crippen molar-refractivity contribution in [2.24, 2.45) is 0 Å². The van der Waals surface area contributed by atoms with E-state index in [1.165, 1.54) is 7.11 Å². The van der Waals surface area contributed by atoms with Crippen LogP contribution in [0.2, 0.25) is 0 Å². The van der Waals surface area contributed by atoms with Crippen LogP contribution >= 0.6 is 0 Å². The fraction of sp³-hybridized carbons (Fsp3) is 0.0769. The Labute approximate surface area is 105 Å². The Morgan fingerprint density at radius 1 is 1.00 bits per heavy atom. The molecule has 0 radical (unpaired) electrons. The summed E-state index contributed by atoms with van der Waals surface area (Å²) in [6.45, 7) is 0. The highest BCUT2D eigenvalue weighted by Crippen LogP contribution is 2.43. The molecule has 0 fully saturated rings. The molecule has 5 heteroatoms. The second-order valence-corrected chi connectivity index (χ2v) is 5.84. The maximum Gasteiger partial charge on any atom is 0.210 e. The third-order valence-corrected chi connectivity index (χ3v) is 4.79. The highest BCUT2D eigenvalue weighted by molar-refractivity contribution is 7.92. The molecule has 0 spiro atoms. The quantitative estimate of drug-likeness (QED) is 0.731. The first kappa shape index (κ1) is 11.1. The van der Waals surface area contributed by atoms with E-state index >= 15 is 0 Å². The van der Waals surface area contributed by atoms with Gasteiger partial charge in [-0.1, -0.05) is 18.2 Å². The van der Waals surface area contributed by atoms with Crippen LogP contribution in [0.3, 0.4) is 0 Å². The molecule has 1 heterocycles. The average molecular weight is 261 g/mol. The molecule has 3 rings (SSSR count). The number of para-hydroxylation sites is 2. The zero-order chi connectivity index (χ0) is 12.8. The van der Waals surface area contributed by atoms with Crippen LogP contribution in [0.25, 0.3) is 0 Å². The lowest BCUT2D eigenvalue weighted by atomic mass is 10.2. The first-order valence-electron chi connectivity index (χ1n) is 5.43. The summed E-state index contributed by atoms with van der Waals surface area (Å²) in [4.78, 5) is 0.548. The van der Waals surface area contributed by atoms with Crippen molar-refractivity contribution in [1.82, 2.24) is 0 Å². The second kappa shape index (κ2) is 3.74. The molecule has 1 N–H and O–H groups in total. The SMILES string of the molecule is COc1cccc2c1Nc1ccccc1S2(=O)=O. The van der Waals surface area contributed by atoms with Gasteiger partial charge in [-0.05, 0) is 24.3 Å². The first-order valence-corrected chi connectivity index (χ1v) is 6.91. The average Bonchev–Trinajstić information content (AvgIpc) is 2.38. The largest absolute Gasteiger partial charge is 0.495 e. The zero-order valence-corrected chi connectivity index (χ0v) is 10.5. The van der Waals surface area contributed by atoms with E-state index in [1.807, 2.05) is 0 Å². The topological polar surface area (TPSA) is 55.4 Å². The predicted molar refractivity (Wildman–Crippen MR) is 68.2 cm³/mol. The third kappa shape index (κ3) is 1.41. The molecule has 0 saturated heterocycles. The van der Waals surface area contributed by atoms with Crippen LogP contribution < -0.4 is 10.1 Å². The number of sulfone groups is 1. The molecule has 0 saturated carbocycles. The molecule has 0 atom stereocenters. The molecule has 0 bridgehead atoms. The van der Waals surface area contributed by atoms with Gasteiger partial charge < -0.3 is 10.1 Å². The lowest BCUT2D eigenvalue weighted by molar-refractivity contribution is 0.415. The van der Waals surface area contributed by atoms with E-state index in [4.69, 9.17) is 4.74 Å². The Kier molecular flexibility index (Phi) is 2.31. The Hall–Kier alpha value is -2.01. The summed E-state index contributed by atoms with van der Waals surface area (Å²) in [7, 11) is -1.96. The number of hydrogen-bond acceptors (Lipinski definition) is 4. The second-order valence-electron chi connectivity index (χ2n) is 3.96. The fourth-order valence-electron chi connectivity index (χ4n) is 2.09. The van der Waals surface area contributed by atoms with Gasteiger partial charge in [0, 0.05) is 0 Å². The molecule has 92 valence electrons. The monoisotopic (exact) mass is 261 g/mol. The van der Waals surface area contributed by atoms with Gasteiger partial charge in [-0.25, -0.2) is 8.42 Å². The van der Waals surface area contributed by atoms with Gasteiger partial charge in [-0.2, -0.15) is 0 Å². The predicted octanol–water partition coefficient (Wildman–Crippen LogP) is 2.58. The summed E-state index contributed by atoms with van der Waals surface area (Å²) in [5, 5.41) is 3.11. The van der Waals surface area contributed by atoms with E-state index in [0.29, 0.717) is 22.0 Å². The van der Waals surface area contributed by atoms with E-state index in [-0.39, 0.29) is 4.90 Å². The highest BCUT2D eigenvalue weighted by atomic mass is 32.2. The molecular weight excluding hydrogens is 250 g/mol. The molecule has 0 unspecified atom stereocenters. The van der Waals surface area contributed by atoms with Crippen LogP contribution in [-0.4, -0.2) is 15.5 Å². The van der Waals surface area contributed by atoms with Gasteiger partial charge in [0.2, 0.25) is 9.84 Å². The third-order valence-electron chi connectivity index (χ3n) is 2.93. The van der Waals surface area contributed by atoms with Gasteiger partial charge >= 0.3 is 0 Å². The van der Waals surface area contributed by atoms with Crippen molar-refractivity contribution < 1.29 is 13.2 Å². The van der Waals surface area contributed by atoms with Crippen LogP contribution in [0.4, 0.5) is 11.4 Å². The van der Waals surface area contributed by atoms with Gasteiger partial charge in [0.05, 0.1) is 22.6 Å². The Balaban J connectivity index is 2.35. The standard InChI is InChI=1S/C13H11NO3S/c1-17-10-6-4-8-12-13(10)14-9-5-2-3-7-11(9)18(12,15)16/h2-8,14H,1H3. The maximum absolute atomic E-state index is 12.5. The molecule has 4 nitrogen and oxygen atoms in total. The maximum atomic E-state index is 12.5. The van der Waals surface area contributed by atoms with Crippen LogP contribution in [0, 0.1) is 0 Å². The molecule has 0 amide bonds. The molecule has 18 heavy (non-hydrogen) atoms. The lowest BCUT2D eigenvalue weighted by Gasteiger charge is -2.22. The number of rotatable bonds is 1. The summed E-state index contributed by atoms with van der Waals surface area (Å²) in [5.41, 5.74) is 1.08. The Morgan fingerprint density at radius 3 is 2.50 bits per heavy atom. The molecule has 1 aliphatic rings. The van der Waals surface area contributed by atoms with E-state index < -0.39 is 9.84 Å². The molecule has 1 aliphatic heterocycles. The van der Waals surface area contributed by atoms with E-state index in [1.54, 1.807) is 42.5 Å². The van der Waals surface area contributed by atoms with Crippen molar-refractivity contribution in [2.75, 3.05) is 12.4 Å². The van der Waals surface area contributed by atoms with Crippen molar-refractivity contribution in [2.45, 2.75) is 9.79 Å². The number of nitrogens with one attached hydrogen (secondary N) is 1. The van der Waals surface area contributed by atoms with Gasteiger partial charge in [0.25, 0.3) is 0 Å². The minimum absolute atomic E-state index is 0.251. The Bertz CT molecular complexity index is 723. The number of methoxy groups -OCH3 is 1. The summed E-state index contributed by atoms with van der Waals surface area (Å²) in [5.74, 6) is 0.519. The van der Waals surface area contributed by atoms with Crippen molar-refractivity contribution >= 4 is 21.2 Å². The van der Waals surface area contributed by atoms with Crippen LogP contribution in [0.5, 0.6) is 5.75 Å². The summed E-state index contributed by atoms with van der Waals surface area (Å²) in [6.07, 6.45) is 0. The van der Waals surface area contributed by atoms with E-state index in [9.17, 15) is 8.42 Å². The lowest BCUT2D eigenvalue weighted by Crippen LogP contribution is -2.14. The van der Waals surface area contributed by atoms with Crippen LogP contribution in [0.15, 0.2) is 52.3 Å². The molecule has 2 aromatic rings. The molecule has 0 aromatic heterocycles. The van der Waals surface area contributed by atoms with Crippen molar-refractivity contribution in [3.63, 3.8) is 0 Å². The molecule has 2 aromatic carbocycles. The molecule has 0 aliphatic carbocycles. The Morgan fingerprint density at radius 2 is 1.72 bits per heavy atom. The summed E-state index contributed by atoms with van der Waals surface area (Å²) in [6, 6.07) is 11.8. The van der Waals surface area contributed by atoms with E-state index in [0.717, 1.165) is 0 Å². The highest BCUT2D eigenvalue weighted by Gasteiger charge is 2.30. The van der Waals surface area contributed by atoms with Gasteiger partial charge in [-0.15, -0.1) is 0 Å². The van der Waals surface area contributed by atoms with Gasteiger partial charge in [-0.3, -0.25) is 0 Å². The number of hydrogen-bond donors (Lipinski definition) is 1. The zero-order valence-electron chi connectivity index (χ0n) is 9.67. The summed E-state index contributed by atoms with van der Waals surface area (Å²) < 4.78 is 30.1. The molecular formula is C13H11NO3S.